The smallest absolute Gasteiger partial charge is 0.254 e. The van der Waals surface area contributed by atoms with Crippen molar-refractivity contribution in [2.45, 2.75) is 13.3 Å². The van der Waals surface area contributed by atoms with Gasteiger partial charge < -0.3 is 0 Å². The Kier molecular flexibility index (Phi) is 2.17. The summed E-state index contributed by atoms with van der Waals surface area (Å²) in [7, 11) is 0. The van der Waals surface area contributed by atoms with Gasteiger partial charge >= 0.3 is 0 Å². The Hall–Kier alpha value is -1.49. The Morgan fingerprint density at radius 3 is 2.86 bits per heavy atom. The number of aromatic nitrogens is 1. The van der Waals surface area contributed by atoms with E-state index in [0.717, 1.165) is 9.88 Å². The van der Waals surface area contributed by atoms with Crippen LogP contribution in [-0.2, 0) is 9.59 Å². The zero-order valence-electron chi connectivity index (χ0n) is 7.53. The van der Waals surface area contributed by atoms with Gasteiger partial charge in [-0.3, -0.25) is 14.9 Å². The van der Waals surface area contributed by atoms with Gasteiger partial charge in [0.05, 0.1) is 11.4 Å². The van der Waals surface area contributed by atoms with Crippen LogP contribution < -0.4 is 5.32 Å². The van der Waals surface area contributed by atoms with Crippen LogP contribution in [0.25, 0.3) is 6.08 Å². The minimum Gasteiger partial charge on any atom is -0.292 e. The number of hydrogen-bond donors (Lipinski definition) is 1. The van der Waals surface area contributed by atoms with Crippen LogP contribution in [0.3, 0.4) is 0 Å². The molecule has 0 bridgehead atoms. The maximum Gasteiger partial charge on any atom is 0.254 e. The molecular formula is C9H8N2O2S. The number of rotatable bonds is 1. The SMILES string of the molecule is Cc1ncc(C=C2CC(=O)NC2=O)s1. The molecule has 0 radical (unpaired) electrons. The Morgan fingerprint density at radius 2 is 2.36 bits per heavy atom. The van der Waals surface area contributed by atoms with E-state index in [0.29, 0.717) is 5.57 Å². The van der Waals surface area contributed by atoms with E-state index in [1.165, 1.54) is 11.3 Å². The van der Waals surface area contributed by atoms with E-state index in [2.05, 4.69) is 10.3 Å². The number of nitrogens with one attached hydrogen (secondary N) is 1. The number of amides is 2. The molecule has 1 aliphatic heterocycles. The van der Waals surface area contributed by atoms with E-state index < -0.39 is 0 Å². The molecule has 0 spiro atoms. The molecule has 4 nitrogen and oxygen atoms in total. The average Bonchev–Trinajstić information content (AvgIpc) is 2.61. The normalized spacial score (nSPS) is 19.1. The van der Waals surface area contributed by atoms with Gasteiger partial charge in [0.15, 0.2) is 0 Å². The summed E-state index contributed by atoms with van der Waals surface area (Å²) in [5.41, 5.74) is 0.513. The molecule has 0 aliphatic carbocycles. The van der Waals surface area contributed by atoms with E-state index in [-0.39, 0.29) is 18.2 Å². The predicted octanol–water partition coefficient (Wildman–Crippen LogP) is 0.881. The first-order valence-electron chi connectivity index (χ1n) is 4.12. The van der Waals surface area contributed by atoms with E-state index in [4.69, 9.17) is 0 Å². The van der Waals surface area contributed by atoms with Crippen molar-refractivity contribution in [2.75, 3.05) is 0 Å². The molecular weight excluding hydrogens is 200 g/mol. The van der Waals surface area contributed by atoms with Gasteiger partial charge in [-0.2, -0.15) is 0 Å². The molecule has 14 heavy (non-hydrogen) atoms. The number of nitrogens with zero attached hydrogens (tertiary/aromatic N) is 1. The highest BCUT2D eigenvalue weighted by Crippen LogP contribution is 2.19. The topological polar surface area (TPSA) is 59.1 Å². The Labute approximate surface area is 84.7 Å². The molecule has 2 heterocycles. The highest BCUT2D eigenvalue weighted by Gasteiger charge is 2.23. The second-order valence-electron chi connectivity index (χ2n) is 3.01. The molecule has 5 heteroatoms. The second-order valence-corrected chi connectivity index (χ2v) is 4.27. The van der Waals surface area contributed by atoms with Crippen molar-refractivity contribution >= 4 is 29.2 Å². The average molecular weight is 208 g/mol. The number of carbonyl (C=O) groups is 2. The lowest BCUT2D eigenvalue weighted by molar-refractivity contribution is -0.124. The molecule has 72 valence electrons. The third kappa shape index (κ3) is 1.72. The summed E-state index contributed by atoms with van der Waals surface area (Å²) in [4.78, 5) is 27.0. The van der Waals surface area contributed by atoms with E-state index >= 15 is 0 Å². The molecule has 0 aromatic carbocycles. The quantitative estimate of drug-likeness (QED) is 0.550. The maximum absolute atomic E-state index is 11.2. The molecule has 1 saturated heterocycles. The van der Waals surface area contributed by atoms with Crippen molar-refractivity contribution in [3.05, 3.63) is 21.7 Å². The molecule has 0 unspecified atom stereocenters. The van der Waals surface area contributed by atoms with Gasteiger partial charge in [-0.05, 0) is 13.0 Å². The summed E-state index contributed by atoms with van der Waals surface area (Å²) in [6.07, 6.45) is 3.59. The summed E-state index contributed by atoms with van der Waals surface area (Å²) in [6.45, 7) is 1.90. The van der Waals surface area contributed by atoms with Crippen LogP contribution in [0, 0.1) is 6.92 Å². The van der Waals surface area contributed by atoms with Gasteiger partial charge in [-0.15, -0.1) is 11.3 Å². The number of aryl methyl sites for hydroxylation is 1. The fourth-order valence-electron chi connectivity index (χ4n) is 1.24. The molecule has 1 N–H and O–H groups in total. The monoisotopic (exact) mass is 208 g/mol. The third-order valence-electron chi connectivity index (χ3n) is 1.85. The number of carbonyl (C=O) groups excluding carboxylic acids is 2. The van der Waals surface area contributed by atoms with Crippen molar-refractivity contribution in [2.24, 2.45) is 0 Å². The molecule has 1 aromatic rings. The summed E-state index contributed by atoms with van der Waals surface area (Å²) in [5, 5.41) is 3.18. The molecule has 2 amide bonds. The lowest BCUT2D eigenvalue weighted by atomic mass is 10.2. The fourth-order valence-corrected chi connectivity index (χ4v) is 1.99. The van der Waals surface area contributed by atoms with Gasteiger partial charge in [0.1, 0.15) is 0 Å². The van der Waals surface area contributed by atoms with Gasteiger partial charge in [-0.1, -0.05) is 0 Å². The van der Waals surface area contributed by atoms with Gasteiger partial charge in [0.25, 0.3) is 5.91 Å². The first kappa shape index (κ1) is 9.08. The molecule has 0 atom stereocenters. The van der Waals surface area contributed by atoms with Crippen LogP contribution in [0.2, 0.25) is 0 Å². The fraction of sp³-hybridized carbons (Fsp3) is 0.222. The lowest BCUT2D eigenvalue weighted by Crippen LogP contribution is -2.19. The zero-order chi connectivity index (χ0) is 10.1. The Bertz CT molecular complexity index is 434. The van der Waals surface area contributed by atoms with Crippen molar-refractivity contribution in [3.8, 4) is 0 Å². The van der Waals surface area contributed by atoms with Gasteiger partial charge in [0.2, 0.25) is 5.91 Å². The Morgan fingerprint density at radius 1 is 1.57 bits per heavy atom. The first-order valence-corrected chi connectivity index (χ1v) is 4.94. The van der Waals surface area contributed by atoms with Gasteiger partial charge in [0, 0.05) is 16.6 Å². The van der Waals surface area contributed by atoms with E-state index in [9.17, 15) is 9.59 Å². The van der Waals surface area contributed by atoms with Crippen LogP contribution >= 0.6 is 11.3 Å². The van der Waals surface area contributed by atoms with Crippen LogP contribution in [-0.4, -0.2) is 16.8 Å². The van der Waals surface area contributed by atoms with Crippen molar-refractivity contribution in [1.29, 1.82) is 0 Å². The summed E-state index contributed by atoms with van der Waals surface area (Å²) in [5.74, 6) is -0.524. The van der Waals surface area contributed by atoms with Crippen LogP contribution in [0.5, 0.6) is 0 Å². The number of imide groups is 1. The molecule has 1 aromatic heterocycles. The minimum absolute atomic E-state index is 0.176. The second kappa shape index (κ2) is 3.34. The number of thiazole rings is 1. The molecule has 1 fully saturated rings. The van der Waals surface area contributed by atoms with Crippen LogP contribution in [0.4, 0.5) is 0 Å². The molecule has 1 aliphatic rings. The zero-order valence-corrected chi connectivity index (χ0v) is 8.35. The van der Waals surface area contributed by atoms with Crippen LogP contribution in [0.1, 0.15) is 16.3 Å². The molecule has 0 saturated carbocycles. The molecule has 2 rings (SSSR count). The maximum atomic E-state index is 11.2. The van der Waals surface area contributed by atoms with Crippen molar-refractivity contribution in [3.63, 3.8) is 0 Å². The van der Waals surface area contributed by atoms with Gasteiger partial charge in [-0.25, -0.2) is 4.98 Å². The first-order chi connectivity index (χ1) is 6.65. The highest BCUT2D eigenvalue weighted by molar-refractivity contribution is 7.12. The van der Waals surface area contributed by atoms with Crippen LogP contribution in [0.15, 0.2) is 11.8 Å². The van der Waals surface area contributed by atoms with Crippen molar-refractivity contribution < 1.29 is 9.59 Å². The minimum atomic E-state index is -0.291. The lowest BCUT2D eigenvalue weighted by Gasteiger charge is -1.88. The standard InChI is InChI=1S/C9H8N2O2S/c1-5-10-4-7(14-5)2-6-3-8(12)11-9(6)13/h2,4H,3H2,1H3,(H,11,12,13). The van der Waals surface area contributed by atoms with Crippen molar-refractivity contribution in [1.82, 2.24) is 10.3 Å². The highest BCUT2D eigenvalue weighted by atomic mass is 32.1. The summed E-state index contributed by atoms with van der Waals surface area (Å²) < 4.78 is 0. The largest absolute Gasteiger partial charge is 0.292 e. The number of hydrogen-bond acceptors (Lipinski definition) is 4. The Balaban J connectivity index is 2.27. The predicted molar refractivity (Wildman–Crippen MR) is 52.6 cm³/mol. The van der Waals surface area contributed by atoms with E-state index in [1.54, 1.807) is 12.3 Å². The third-order valence-corrected chi connectivity index (χ3v) is 2.71. The summed E-state index contributed by atoms with van der Waals surface area (Å²) in [6, 6.07) is 0. The summed E-state index contributed by atoms with van der Waals surface area (Å²) >= 11 is 1.50. The van der Waals surface area contributed by atoms with E-state index in [1.807, 2.05) is 6.92 Å².